The van der Waals surface area contributed by atoms with E-state index in [0.717, 1.165) is 9.87 Å². The molecule has 0 bridgehead atoms. The van der Waals surface area contributed by atoms with Gasteiger partial charge in [-0.25, -0.2) is 18.4 Å². The summed E-state index contributed by atoms with van der Waals surface area (Å²) in [7, 11) is -2.58. The Bertz CT molecular complexity index is 1250. The highest BCUT2D eigenvalue weighted by Gasteiger charge is 2.23. The van der Waals surface area contributed by atoms with Gasteiger partial charge >= 0.3 is 6.01 Å². The first-order valence-corrected chi connectivity index (χ1v) is 11.3. The summed E-state index contributed by atoms with van der Waals surface area (Å²) in [5, 5.41) is 5.27. The van der Waals surface area contributed by atoms with Crippen LogP contribution >= 0.6 is 0 Å². The third kappa shape index (κ3) is 6.34. The van der Waals surface area contributed by atoms with Crippen LogP contribution in [0.5, 0.6) is 11.8 Å². The van der Waals surface area contributed by atoms with Crippen LogP contribution in [-0.4, -0.2) is 48.1 Å². The number of hydrogen-bond donors (Lipinski definition) is 2. The van der Waals surface area contributed by atoms with Crippen LogP contribution in [0.4, 0.5) is 11.4 Å². The fourth-order valence-corrected chi connectivity index (χ4v) is 3.98. The summed E-state index contributed by atoms with van der Waals surface area (Å²) >= 11 is 0. The summed E-state index contributed by atoms with van der Waals surface area (Å²) in [6.07, 6.45) is 3.12. The second kappa shape index (κ2) is 10.2. The molecule has 3 aromatic rings. The van der Waals surface area contributed by atoms with E-state index in [4.69, 9.17) is 4.74 Å². The second-order valence-corrected chi connectivity index (χ2v) is 9.17. The zero-order valence-electron chi connectivity index (χ0n) is 18.3. The Morgan fingerprint density at radius 3 is 2.30 bits per heavy atom. The first-order valence-electron chi connectivity index (χ1n) is 9.84. The number of nitrogens with one attached hydrogen (secondary N) is 2. The molecule has 0 spiro atoms. The second-order valence-electron chi connectivity index (χ2n) is 7.12. The molecule has 2 amide bonds. The lowest BCUT2D eigenvalue weighted by Crippen LogP contribution is -2.35. The van der Waals surface area contributed by atoms with Gasteiger partial charge in [-0.05, 0) is 61.0 Å². The summed E-state index contributed by atoms with van der Waals surface area (Å²) in [5.74, 6) is -0.263. The average Bonchev–Trinajstić information content (AvgIpc) is 2.76. The Morgan fingerprint density at radius 1 is 1.03 bits per heavy atom. The maximum absolute atomic E-state index is 12.8. The fraction of sp³-hybridized carbons (Fsp3) is 0.182. The van der Waals surface area contributed by atoms with E-state index in [-0.39, 0.29) is 23.4 Å². The number of likely N-dealkylation sites (N-methyl/N-ethyl adjacent to an activating group) is 1. The minimum atomic E-state index is -3.90. The Morgan fingerprint density at radius 2 is 1.70 bits per heavy atom. The first-order chi connectivity index (χ1) is 15.6. The normalized spacial score (nSPS) is 11.2. The molecule has 0 saturated heterocycles. The van der Waals surface area contributed by atoms with Crippen LogP contribution in [0.25, 0.3) is 0 Å². The largest absolute Gasteiger partial charge is 0.424 e. The molecule has 0 saturated carbocycles. The zero-order valence-corrected chi connectivity index (χ0v) is 19.1. The van der Waals surface area contributed by atoms with E-state index in [9.17, 15) is 18.0 Å². The van der Waals surface area contributed by atoms with Gasteiger partial charge in [0, 0.05) is 37.7 Å². The van der Waals surface area contributed by atoms with Gasteiger partial charge in [-0.1, -0.05) is 0 Å². The van der Waals surface area contributed by atoms with Gasteiger partial charge in [-0.2, -0.15) is 4.31 Å². The van der Waals surface area contributed by atoms with E-state index in [1.54, 1.807) is 43.6 Å². The Hall–Kier alpha value is -3.83. The molecular weight excluding hydrogens is 446 g/mol. The lowest BCUT2D eigenvalue weighted by Gasteiger charge is -2.18. The molecule has 2 N–H and O–H groups in total. The molecule has 0 radical (unpaired) electrons. The van der Waals surface area contributed by atoms with Crippen LogP contribution < -0.4 is 15.4 Å². The quantitative estimate of drug-likeness (QED) is 0.519. The van der Waals surface area contributed by atoms with E-state index in [1.807, 2.05) is 0 Å². The molecule has 1 heterocycles. The first kappa shape index (κ1) is 23.8. The minimum Gasteiger partial charge on any atom is -0.424 e. The number of anilines is 2. The number of sulfonamides is 1. The third-order valence-corrected chi connectivity index (χ3v) is 6.29. The molecule has 0 aliphatic rings. The summed E-state index contributed by atoms with van der Waals surface area (Å²) in [6.45, 7) is 2.76. The lowest BCUT2D eigenvalue weighted by molar-refractivity contribution is -0.116. The number of aromatic nitrogens is 2. The number of amides is 2. The van der Waals surface area contributed by atoms with Crippen LogP contribution in [0.1, 0.15) is 12.5 Å². The van der Waals surface area contributed by atoms with Gasteiger partial charge in [-0.3, -0.25) is 9.59 Å². The Balaban J connectivity index is 1.63. The number of ether oxygens (including phenoxy) is 1. The molecule has 1 aromatic heterocycles. The molecule has 0 unspecified atom stereocenters. The molecule has 3 rings (SSSR count). The lowest BCUT2D eigenvalue weighted by atomic mass is 10.2. The molecule has 0 aliphatic carbocycles. The minimum absolute atomic E-state index is 0.00714. The van der Waals surface area contributed by atoms with Crippen molar-refractivity contribution in [2.24, 2.45) is 0 Å². The monoisotopic (exact) mass is 469 g/mol. The zero-order chi connectivity index (χ0) is 24.0. The maximum atomic E-state index is 12.8. The predicted molar refractivity (Wildman–Crippen MR) is 122 cm³/mol. The smallest absolute Gasteiger partial charge is 0.321 e. The number of benzene rings is 2. The van der Waals surface area contributed by atoms with Gasteiger partial charge in [0.25, 0.3) is 0 Å². The van der Waals surface area contributed by atoms with E-state index in [1.165, 1.54) is 38.2 Å². The van der Waals surface area contributed by atoms with Crippen molar-refractivity contribution in [3.8, 4) is 11.8 Å². The van der Waals surface area contributed by atoms with E-state index in [0.29, 0.717) is 17.1 Å². The van der Waals surface area contributed by atoms with Crippen molar-refractivity contribution < 1.29 is 22.7 Å². The topological polar surface area (TPSA) is 131 Å². The van der Waals surface area contributed by atoms with Crippen LogP contribution in [0.2, 0.25) is 0 Å². The summed E-state index contributed by atoms with van der Waals surface area (Å²) in [4.78, 5) is 31.6. The molecule has 2 aromatic carbocycles. The van der Waals surface area contributed by atoms with Crippen molar-refractivity contribution in [2.75, 3.05) is 24.2 Å². The molecule has 33 heavy (non-hydrogen) atoms. The number of carbonyl (C=O) groups is 2. The van der Waals surface area contributed by atoms with Crippen molar-refractivity contribution in [1.82, 2.24) is 14.3 Å². The average molecular weight is 470 g/mol. The van der Waals surface area contributed by atoms with Gasteiger partial charge in [0.1, 0.15) is 5.75 Å². The number of aryl methyl sites for hydroxylation is 1. The highest BCUT2D eigenvalue weighted by atomic mass is 32.2. The maximum Gasteiger partial charge on any atom is 0.321 e. The Labute approximate surface area is 191 Å². The number of carbonyl (C=O) groups excluding carboxylic acids is 2. The number of rotatable bonds is 8. The van der Waals surface area contributed by atoms with Gasteiger partial charge in [0.2, 0.25) is 21.8 Å². The molecule has 11 heteroatoms. The van der Waals surface area contributed by atoms with Crippen LogP contribution in [0, 0.1) is 6.92 Å². The van der Waals surface area contributed by atoms with Crippen molar-refractivity contribution in [3.63, 3.8) is 0 Å². The van der Waals surface area contributed by atoms with Gasteiger partial charge in [-0.15, -0.1) is 0 Å². The Kier molecular flexibility index (Phi) is 7.36. The molecule has 0 fully saturated rings. The summed E-state index contributed by atoms with van der Waals surface area (Å²) in [6, 6.07) is 12.6. The SMILES string of the molecule is CC(=O)Nc1ccc(S(=O)(=O)N(C)CC(=O)Nc2ccc(Oc3ncccn3)cc2C)cc1. The van der Waals surface area contributed by atoms with E-state index >= 15 is 0 Å². The third-order valence-electron chi connectivity index (χ3n) is 4.47. The van der Waals surface area contributed by atoms with Crippen molar-refractivity contribution in [2.45, 2.75) is 18.7 Å². The van der Waals surface area contributed by atoms with Gasteiger partial charge in [0.05, 0.1) is 11.4 Å². The molecule has 172 valence electrons. The van der Waals surface area contributed by atoms with Crippen molar-refractivity contribution in [1.29, 1.82) is 0 Å². The highest BCUT2D eigenvalue weighted by molar-refractivity contribution is 7.89. The van der Waals surface area contributed by atoms with Crippen LogP contribution in [0.15, 0.2) is 65.8 Å². The van der Waals surface area contributed by atoms with Crippen LogP contribution in [0.3, 0.4) is 0 Å². The van der Waals surface area contributed by atoms with E-state index in [2.05, 4.69) is 20.6 Å². The molecular formula is C22H23N5O5S. The van der Waals surface area contributed by atoms with E-state index < -0.39 is 15.9 Å². The predicted octanol–water partition coefficient (Wildman–Crippen LogP) is 2.79. The standard InChI is InChI=1S/C22H23N5O5S/c1-15-13-18(32-22-23-11-4-12-24-22)7-10-20(15)26-21(29)14-27(3)33(30,31)19-8-5-17(6-9-19)25-16(2)28/h4-13H,14H2,1-3H3,(H,25,28)(H,26,29). The van der Waals surface area contributed by atoms with Crippen molar-refractivity contribution >= 4 is 33.2 Å². The highest BCUT2D eigenvalue weighted by Crippen LogP contribution is 2.24. The molecule has 0 aliphatic heterocycles. The fourth-order valence-electron chi connectivity index (χ4n) is 2.85. The summed E-state index contributed by atoms with van der Waals surface area (Å²) in [5.41, 5.74) is 1.71. The summed E-state index contributed by atoms with van der Waals surface area (Å²) < 4.78 is 32.1. The van der Waals surface area contributed by atoms with Crippen LogP contribution in [-0.2, 0) is 19.6 Å². The molecule has 10 nitrogen and oxygen atoms in total. The number of hydrogen-bond acceptors (Lipinski definition) is 7. The van der Waals surface area contributed by atoms with Gasteiger partial charge < -0.3 is 15.4 Å². The molecule has 0 atom stereocenters. The number of nitrogens with zero attached hydrogens (tertiary/aromatic N) is 3. The van der Waals surface area contributed by atoms with Gasteiger partial charge in [0.15, 0.2) is 0 Å². The van der Waals surface area contributed by atoms with Crippen molar-refractivity contribution in [3.05, 3.63) is 66.5 Å².